The molecule has 4 rings (SSSR count). The van der Waals surface area contributed by atoms with Gasteiger partial charge in [0, 0.05) is 12.6 Å². The number of carbonyl (C=O) groups is 2. The Morgan fingerprint density at radius 2 is 2.12 bits per heavy atom. The second kappa shape index (κ2) is 10.4. The van der Waals surface area contributed by atoms with Crippen LogP contribution in [0.4, 0.5) is 0 Å². The van der Waals surface area contributed by atoms with Crippen molar-refractivity contribution >= 4 is 17.9 Å². The Kier molecular flexibility index (Phi) is 6.93. The highest BCUT2D eigenvalue weighted by atomic mass is 16.5. The van der Waals surface area contributed by atoms with E-state index in [2.05, 4.69) is 15.4 Å². The highest BCUT2D eigenvalue weighted by Gasteiger charge is 2.24. The Labute approximate surface area is 184 Å². The lowest BCUT2D eigenvalue weighted by Gasteiger charge is -2.32. The third kappa shape index (κ3) is 5.82. The van der Waals surface area contributed by atoms with Gasteiger partial charge in [-0.25, -0.2) is 9.67 Å². The molecule has 10 heteroatoms. The number of furan rings is 1. The van der Waals surface area contributed by atoms with Crippen LogP contribution >= 0.6 is 0 Å². The number of aromatic nitrogens is 3. The summed E-state index contributed by atoms with van der Waals surface area (Å²) in [4.78, 5) is 29.9. The summed E-state index contributed by atoms with van der Waals surface area (Å²) in [5, 5.41) is 6.67. The van der Waals surface area contributed by atoms with Gasteiger partial charge in [-0.3, -0.25) is 9.59 Å². The first-order valence-corrected chi connectivity index (χ1v) is 10.1. The molecule has 1 fully saturated rings. The molecule has 1 N–H and O–H groups in total. The predicted octanol–water partition coefficient (Wildman–Crippen LogP) is 1.30. The van der Waals surface area contributed by atoms with Gasteiger partial charge in [0.1, 0.15) is 36.9 Å². The molecule has 0 spiro atoms. The van der Waals surface area contributed by atoms with Crippen LogP contribution in [0.25, 0.3) is 11.8 Å². The van der Waals surface area contributed by atoms with Crippen molar-refractivity contribution in [1.82, 2.24) is 25.0 Å². The average Bonchev–Trinajstić information content (AvgIpc) is 3.55. The zero-order valence-corrected chi connectivity index (χ0v) is 17.3. The van der Waals surface area contributed by atoms with E-state index in [1.807, 2.05) is 24.3 Å². The molecule has 0 bridgehead atoms. The van der Waals surface area contributed by atoms with Crippen LogP contribution in [-0.4, -0.2) is 70.4 Å². The lowest BCUT2D eigenvalue weighted by molar-refractivity contribution is -0.140. The van der Waals surface area contributed by atoms with Crippen molar-refractivity contribution in [2.24, 2.45) is 0 Å². The van der Waals surface area contributed by atoms with Gasteiger partial charge in [0.25, 0.3) is 0 Å². The monoisotopic (exact) mass is 437 g/mol. The Balaban J connectivity index is 1.20. The van der Waals surface area contributed by atoms with Gasteiger partial charge < -0.3 is 24.1 Å². The lowest BCUT2D eigenvalue weighted by Crippen LogP contribution is -2.50. The molecular formula is C22H23N5O5. The number of morpholine rings is 1. The van der Waals surface area contributed by atoms with E-state index in [-0.39, 0.29) is 24.5 Å². The van der Waals surface area contributed by atoms with E-state index in [1.165, 1.54) is 18.7 Å². The molecule has 0 radical (unpaired) electrons. The van der Waals surface area contributed by atoms with Crippen molar-refractivity contribution in [1.29, 1.82) is 0 Å². The number of nitrogens with one attached hydrogen (secondary N) is 1. The van der Waals surface area contributed by atoms with Crippen molar-refractivity contribution in [2.45, 2.75) is 6.10 Å². The molecule has 3 aromatic rings. The van der Waals surface area contributed by atoms with Gasteiger partial charge in [-0.05, 0) is 42.5 Å². The van der Waals surface area contributed by atoms with E-state index in [9.17, 15) is 9.59 Å². The fourth-order valence-corrected chi connectivity index (χ4v) is 3.15. The Bertz CT molecular complexity index is 1030. The number of amides is 2. The molecule has 1 unspecified atom stereocenters. The maximum Gasteiger partial charge on any atom is 0.244 e. The first-order chi connectivity index (χ1) is 15.7. The van der Waals surface area contributed by atoms with Crippen LogP contribution in [0.2, 0.25) is 0 Å². The van der Waals surface area contributed by atoms with Gasteiger partial charge in [0.2, 0.25) is 11.8 Å². The van der Waals surface area contributed by atoms with E-state index < -0.39 is 0 Å². The summed E-state index contributed by atoms with van der Waals surface area (Å²) < 4.78 is 18.3. The summed E-state index contributed by atoms with van der Waals surface area (Å²) in [7, 11) is 0. The van der Waals surface area contributed by atoms with Crippen molar-refractivity contribution in [3.63, 3.8) is 0 Å². The molecule has 2 amide bonds. The zero-order chi connectivity index (χ0) is 22.2. The second-order valence-corrected chi connectivity index (χ2v) is 7.04. The van der Waals surface area contributed by atoms with Crippen LogP contribution in [0.1, 0.15) is 5.76 Å². The molecule has 1 aromatic carbocycles. The third-order valence-corrected chi connectivity index (χ3v) is 4.80. The third-order valence-electron chi connectivity index (χ3n) is 4.80. The van der Waals surface area contributed by atoms with Gasteiger partial charge in [0.05, 0.1) is 31.6 Å². The van der Waals surface area contributed by atoms with Gasteiger partial charge in [-0.1, -0.05) is 0 Å². The summed E-state index contributed by atoms with van der Waals surface area (Å²) in [5.41, 5.74) is 0.876. The zero-order valence-electron chi connectivity index (χ0n) is 17.3. The smallest absolute Gasteiger partial charge is 0.244 e. The van der Waals surface area contributed by atoms with Crippen molar-refractivity contribution in [2.75, 3.05) is 32.8 Å². The largest absolute Gasteiger partial charge is 0.491 e. The first-order valence-electron chi connectivity index (χ1n) is 10.1. The summed E-state index contributed by atoms with van der Waals surface area (Å²) in [6.07, 6.45) is 7.23. The minimum absolute atomic E-state index is 0.0847. The molecule has 1 atom stereocenters. The summed E-state index contributed by atoms with van der Waals surface area (Å²) in [6.45, 7) is 1.51. The Morgan fingerprint density at radius 3 is 2.88 bits per heavy atom. The van der Waals surface area contributed by atoms with Gasteiger partial charge in [0.15, 0.2) is 0 Å². The van der Waals surface area contributed by atoms with E-state index >= 15 is 0 Å². The lowest BCUT2D eigenvalue weighted by atomic mass is 10.2. The number of hydrogen-bond donors (Lipinski definition) is 1. The first kappa shape index (κ1) is 21.3. The van der Waals surface area contributed by atoms with Gasteiger partial charge in [-0.2, -0.15) is 5.10 Å². The van der Waals surface area contributed by atoms with Crippen LogP contribution in [0, 0.1) is 0 Å². The van der Waals surface area contributed by atoms with Gasteiger partial charge >= 0.3 is 0 Å². The quantitative estimate of drug-likeness (QED) is 0.529. The number of hydrogen-bond acceptors (Lipinski definition) is 7. The highest BCUT2D eigenvalue weighted by molar-refractivity contribution is 5.94. The Morgan fingerprint density at radius 1 is 1.25 bits per heavy atom. The number of nitrogens with zero attached hydrogens (tertiary/aromatic N) is 4. The molecule has 0 saturated carbocycles. The molecule has 32 heavy (non-hydrogen) atoms. The van der Waals surface area contributed by atoms with Crippen molar-refractivity contribution in [3.05, 3.63) is 67.2 Å². The molecular weight excluding hydrogens is 414 g/mol. The van der Waals surface area contributed by atoms with Crippen LogP contribution < -0.4 is 10.1 Å². The number of rotatable bonds is 8. The van der Waals surface area contributed by atoms with Crippen LogP contribution in [0.5, 0.6) is 5.75 Å². The summed E-state index contributed by atoms with van der Waals surface area (Å²) >= 11 is 0. The summed E-state index contributed by atoms with van der Waals surface area (Å²) in [6, 6.07) is 10.9. The second-order valence-electron chi connectivity index (χ2n) is 7.04. The molecule has 3 heterocycles. The highest BCUT2D eigenvalue weighted by Crippen LogP contribution is 2.16. The number of ether oxygens (including phenoxy) is 2. The van der Waals surface area contributed by atoms with E-state index in [1.54, 1.807) is 34.1 Å². The minimum atomic E-state index is -0.364. The number of benzene rings is 1. The number of carbonyl (C=O) groups excluding carboxylic acids is 2. The van der Waals surface area contributed by atoms with Crippen LogP contribution in [-0.2, 0) is 14.3 Å². The van der Waals surface area contributed by atoms with E-state index in [0.29, 0.717) is 37.8 Å². The van der Waals surface area contributed by atoms with Gasteiger partial charge in [-0.15, -0.1) is 0 Å². The van der Waals surface area contributed by atoms with Crippen LogP contribution in [0.15, 0.2) is 65.8 Å². The standard InChI is InChI=1S/C22H23N5O5/c28-21(8-7-18-2-1-10-30-18)24-12-22(29)26-9-11-31-20(13-26)14-32-19-5-3-17(4-6-19)27-16-23-15-25-27/h1-8,10,15-16,20H,9,11-14H2,(H,24,28)/b8-7-. The maximum atomic E-state index is 12.5. The van der Waals surface area contributed by atoms with E-state index in [4.69, 9.17) is 13.9 Å². The Hall–Kier alpha value is -3.92. The molecule has 166 valence electrons. The molecule has 0 aliphatic carbocycles. The fourth-order valence-electron chi connectivity index (χ4n) is 3.15. The fraction of sp³-hybridized carbons (Fsp3) is 0.273. The molecule has 1 aliphatic heterocycles. The SMILES string of the molecule is O=C(/C=C\c1ccco1)NCC(=O)N1CCOC(COc2ccc(-n3cncn3)cc2)C1. The average molecular weight is 437 g/mol. The topological polar surface area (TPSA) is 112 Å². The molecule has 1 saturated heterocycles. The minimum Gasteiger partial charge on any atom is -0.491 e. The van der Waals surface area contributed by atoms with E-state index in [0.717, 1.165) is 5.69 Å². The normalized spacial score (nSPS) is 16.2. The molecule has 1 aliphatic rings. The summed E-state index contributed by atoms with van der Waals surface area (Å²) in [5.74, 6) is 0.722. The maximum absolute atomic E-state index is 12.5. The van der Waals surface area contributed by atoms with Crippen molar-refractivity contribution in [3.8, 4) is 11.4 Å². The van der Waals surface area contributed by atoms with Crippen molar-refractivity contribution < 1.29 is 23.5 Å². The van der Waals surface area contributed by atoms with Crippen LogP contribution in [0.3, 0.4) is 0 Å². The predicted molar refractivity (Wildman–Crippen MR) is 114 cm³/mol. The molecule has 2 aromatic heterocycles. The molecule has 10 nitrogen and oxygen atoms in total.